The summed E-state index contributed by atoms with van der Waals surface area (Å²) in [7, 11) is 0. The Hall–Kier alpha value is -3.12. The monoisotopic (exact) mass is 287 g/mol. The standard InChI is InChI=1S/C19H13NO2/c20-12-18(14-7-3-8-15(11-14)19(21)22)17-10-4-6-13-5-1-2-9-16(13)17/h1-11,18H,(H,21,22). The largest absolute Gasteiger partial charge is 0.478 e. The molecule has 106 valence electrons. The number of carboxylic acid groups (broad SMARTS) is 1. The molecule has 0 saturated heterocycles. The average molecular weight is 287 g/mol. The molecule has 0 heterocycles. The first kappa shape index (κ1) is 13.8. The number of hydrogen-bond acceptors (Lipinski definition) is 2. The van der Waals surface area contributed by atoms with Gasteiger partial charge in [0.15, 0.2) is 0 Å². The second-order valence-electron chi connectivity index (χ2n) is 5.06. The van der Waals surface area contributed by atoms with Crippen LogP contribution in [-0.4, -0.2) is 11.1 Å². The van der Waals surface area contributed by atoms with Gasteiger partial charge in [0.25, 0.3) is 0 Å². The first-order valence-electron chi connectivity index (χ1n) is 6.91. The van der Waals surface area contributed by atoms with Gasteiger partial charge >= 0.3 is 5.97 Å². The number of hydrogen-bond donors (Lipinski definition) is 1. The molecule has 0 radical (unpaired) electrons. The number of carbonyl (C=O) groups is 1. The Morgan fingerprint density at radius 1 is 1.00 bits per heavy atom. The van der Waals surface area contributed by atoms with Crippen molar-refractivity contribution in [2.24, 2.45) is 0 Å². The first-order valence-corrected chi connectivity index (χ1v) is 6.91. The summed E-state index contributed by atoms with van der Waals surface area (Å²) in [6.45, 7) is 0. The van der Waals surface area contributed by atoms with Crippen LogP contribution in [0.25, 0.3) is 10.8 Å². The fourth-order valence-electron chi connectivity index (χ4n) is 2.68. The summed E-state index contributed by atoms with van der Waals surface area (Å²) in [4.78, 5) is 11.1. The SMILES string of the molecule is N#CC(c1cccc(C(=O)O)c1)c1cccc2ccccc12. The van der Waals surface area contributed by atoms with Gasteiger partial charge in [-0.2, -0.15) is 5.26 Å². The minimum atomic E-state index is -0.989. The van der Waals surface area contributed by atoms with E-state index in [2.05, 4.69) is 6.07 Å². The van der Waals surface area contributed by atoms with Gasteiger partial charge < -0.3 is 5.11 Å². The molecular weight excluding hydrogens is 274 g/mol. The van der Waals surface area contributed by atoms with Crippen LogP contribution in [-0.2, 0) is 0 Å². The highest BCUT2D eigenvalue weighted by atomic mass is 16.4. The Bertz CT molecular complexity index is 888. The van der Waals surface area contributed by atoms with E-state index in [1.54, 1.807) is 18.2 Å². The number of nitriles is 1. The summed E-state index contributed by atoms with van der Waals surface area (Å²) >= 11 is 0. The number of benzene rings is 3. The van der Waals surface area contributed by atoms with Crippen molar-refractivity contribution >= 4 is 16.7 Å². The van der Waals surface area contributed by atoms with Gasteiger partial charge in [-0.15, -0.1) is 0 Å². The summed E-state index contributed by atoms with van der Waals surface area (Å²) in [5, 5.41) is 20.8. The van der Waals surface area contributed by atoms with Crippen molar-refractivity contribution in [1.29, 1.82) is 5.26 Å². The van der Waals surface area contributed by atoms with Crippen LogP contribution in [0.2, 0.25) is 0 Å². The van der Waals surface area contributed by atoms with Gasteiger partial charge in [-0.3, -0.25) is 0 Å². The molecule has 22 heavy (non-hydrogen) atoms. The van der Waals surface area contributed by atoms with Crippen LogP contribution < -0.4 is 0 Å². The van der Waals surface area contributed by atoms with Gasteiger partial charge in [0.1, 0.15) is 0 Å². The number of carboxylic acids is 1. The number of rotatable bonds is 3. The fourth-order valence-corrected chi connectivity index (χ4v) is 2.68. The zero-order valence-corrected chi connectivity index (χ0v) is 11.7. The summed E-state index contributed by atoms with van der Waals surface area (Å²) in [6.07, 6.45) is 0. The van der Waals surface area contributed by atoms with Crippen molar-refractivity contribution in [3.63, 3.8) is 0 Å². The lowest BCUT2D eigenvalue weighted by Crippen LogP contribution is -2.02. The molecule has 0 amide bonds. The third-order valence-corrected chi connectivity index (χ3v) is 3.73. The van der Waals surface area contributed by atoms with E-state index in [9.17, 15) is 10.1 Å². The Morgan fingerprint density at radius 2 is 1.73 bits per heavy atom. The summed E-state index contributed by atoms with van der Waals surface area (Å²) in [5.74, 6) is -1.48. The molecule has 0 fully saturated rings. The Kier molecular flexibility index (Phi) is 3.59. The van der Waals surface area contributed by atoms with E-state index in [0.717, 1.165) is 16.3 Å². The maximum Gasteiger partial charge on any atom is 0.335 e. The molecule has 3 rings (SSSR count). The van der Waals surface area contributed by atoms with Crippen LogP contribution in [0.4, 0.5) is 0 Å². The normalized spacial score (nSPS) is 11.8. The second-order valence-corrected chi connectivity index (χ2v) is 5.06. The van der Waals surface area contributed by atoms with Crippen LogP contribution in [0.3, 0.4) is 0 Å². The summed E-state index contributed by atoms with van der Waals surface area (Å²) < 4.78 is 0. The highest BCUT2D eigenvalue weighted by Gasteiger charge is 2.17. The lowest BCUT2D eigenvalue weighted by molar-refractivity contribution is 0.0696. The number of fused-ring (bicyclic) bond motifs is 1. The van der Waals surface area contributed by atoms with E-state index in [-0.39, 0.29) is 5.56 Å². The smallest absolute Gasteiger partial charge is 0.335 e. The molecule has 3 aromatic rings. The molecular formula is C19H13NO2. The van der Waals surface area contributed by atoms with Crippen LogP contribution in [0, 0.1) is 11.3 Å². The van der Waals surface area contributed by atoms with Crippen LogP contribution in [0.5, 0.6) is 0 Å². The van der Waals surface area contributed by atoms with E-state index in [0.29, 0.717) is 5.56 Å². The first-order chi connectivity index (χ1) is 10.7. The topological polar surface area (TPSA) is 61.1 Å². The van der Waals surface area contributed by atoms with Crippen molar-refractivity contribution in [3.8, 4) is 6.07 Å². The van der Waals surface area contributed by atoms with E-state index >= 15 is 0 Å². The predicted molar refractivity (Wildman–Crippen MR) is 84.8 cm³/mol. The number of aromatic carboxylic acids is 1. The van der Waals surface area contributed by atoms with Gasteiger partial charge in [0.2, 0.25) is 0 Å². The Morgan fingerprint density at radius 3 is 2.50 bits per heavy atom. The fraction of sp³-hybridized carbons (Fsp3) is 0.0526. The molecule has 1 unspecified atom stereocenters. The van der Waals surface area contributed by atoms with E-state index in [4.69, 9.17) is 5.11 Å². The molecule has 0 aliphatic heterocycles. The van der Waals surface area contributed by atoms with E-state index in [1.807, 2.05) is 42.5 Å². The van der Waals surface area contributed by atoms with Crippen molar-refractivity contribution in [1.82, 2.24) is 0 Å². The Labute approximate surface area is 128 Å². The highest BCUT2D eigenvalue weighted by Crippen LogP contribution is 2.30. The third kappa shape index (κ3) is 2.43. The van der Waals surface area contributed by atoms with Crippen molar-refractivity contribution in [2.75, 3.05) is 0 Å². The van der Waals surface area contributed by atoms with E-state index < -0.39 is 11.9 Å². The molecule has 0 spiro atoms. The van der Waals surface area contributed by atoms with Gasteiger partial charge in [-0.1, -0.05) is 54.6 Å². The average Bonchev–Trinajstić information content (AvgIpc) is 2.56. The minimum Gasteiger partial charge on any atom is -0.478 e. The minimum absolute atomic E-state index is 0.193. The molecule has 3 aromatic carbocycles. The van der Waals surface area contributed by atoms with Crippen molar-refractivity contribution in [2.45, 2.75) is 5.92 Å². The molecule has 0 aliphatic rings. The zero-order chi connectivity index (χ0) is 15.5. The van der Waals surface area contributed by atoms with Crippen LogP contribution >= 0.6 is 0 Å². The molecule has 0 saturated carbocycles. The van der Waals surface area contributed by atoms with Crippen molar-refractivity contribution < 1.29 is 9.90 Å². The molecule has 0 bridgehead atoms. The third-order valence-electron chi connectivity index (χ3n) is 3.73. The van der Waals surface area contributed by atoms with Crippen LogP contribution in [0.15, 0.2) is 66.7 Å². The van der Waals surface area contributed by atoms with Gasteiger partial charge in [-0.05, 0) is 34.0 Å². The van der Waals surface area contributed by atoms with E-state index in [1.165, 1.54) is 6.07 Å². The van der Waals surface area contributed by atoms with Crippen LogP contribution in [0.1, 0.15) is 27.4 Å². The maximum atomic E-state index is 11.1. The molecule has 3 nitrogen and oxygen atoms in total. The lowest BCUT2D eigenvalue weighted by Gasteiger charge is -2.13. The highest BCUT2D eigenvalue weighted by molar-refractivity contribution is 5.89. The van der Waals surface area contributed by atoms with Gasteiger partial charge in [-0.25, -0.2) is 4.79 Å². The predicted octanol–water partition coefficient (Wildman–Crippen LogP) is 4.19. The lowest BCUT2D eigenvalue weighted by atomic mass is 9.88. The van der Waals surface area contributed by atoms with Gasteiger partial charge in [0.05, 0.1) is 17.6 Å². The zero-order valence-electron chi connectivity index (χ0n) is 11.7. The molecule has 1 N–H and O–H groups in total. The molecule has 1 atom stereocenters. The Balaban J connectivity index is 2.17. The van der Waals surface area contributed by atoms with Gasteiger partial charge in [0, 0.05) is 0 Å². The molecule has 0 aliphatic carbocycles. The summed E-state index contributed by atoms with van der Waals surface area (Å²) in [5.41, 5.74) is 1.78. The number of nitrogens with zero attached hydrogens (tertiary/aromatic N) is 1. The maximum absolute atomic E-state index is 11.1. The van der Waals surface area contributed by atoms with Crippen molar-refractivity contribution in [3.05, 3.63) is 83.4 Å². The second kappa shape index (κ2) is 5.71. The summed E-state index contributed by atoms with van der Waals surface area (Å²) in [6, 6.07) is 22.6. The molecule has 3 heteroatoms. The molecule has 0 aromatic heterocycles. The quantitative estimate of drug-likeness (QED) is 0.785.